The number of oxazole rings is 1. The first kappa shape index (κ1) is 21.6. The summed E-state index contributed by atoms with van der Waals surface area (Å²) in [5.41, 5.74) is 8.75. The number of para-hydroxylation sites is 2. The van der Waals surface area contributed by atoms with E-state index in [9.17, 15) is 0 Å². The number of benzene rings is 4. The van der Waals surface area contributed by atoms with Gasteiger partial charge in [0.15, 0.2) is 5.58 Å². The van der Waals surface area contributed by atoms with E-state index in [1.165, 1.54) is 0 Å². The van der Waals surface area contributed by atoms with E-state index in [4.69, 9.17) is 9.40 Å². The highest BCUT2D eigenvalue weighted by Crippen LogP contribution is 2.37. The van der Waals surface area contributed by atoms with E-state index in [-0.39, 0.29) is 0 Å². The summed E-state index contributed by atoms with van der Waals surface area (Å²) in [7, 11) is 0. The van der Waals surface area contributed by atoms with Crippen LogP contribution in [-0.2, 0) is 0 Å². The fourth-order valence-corrected chi connectivity index (χ4v) is 5.32. The molecule has 0 spiro atoms. The third kappa shape index (κ3) is 3.54. The van der Waals surface area contributed by atoms with Crippen LogP contribution in [0.1, 0.15) is 0 Å². The maximum atomic E-state index is 6.13. The van der Waals surface area contributed by atoms with E-state index in [2.05, 4.69) is 75.3 Å². The van der Waals surface area contributed by atoms with Crippen LogP contribution in [0.3, 0.4) is 0 Å². The second kappa shape index (κ2) is 8.53. The van der Waals surface area contributed by atoms with Gasteiger partial charge in [0.2, 0.25) is 5.89 Å². The molecule has 184 valence electrons. The molecule has 39 heavy (non-hydrogen) atoms. The van der Waals surface area contributed by atoms with Crippen LogP contribution in [0.25, 0.3) is 67.0 Å². The van der Waals surface area contributed by atoms with Crippen LogP contribution >= 0.6 is 0 Å². The summed E-state index contributed by atoms with van der Waals surface area (Å²) in [6, 6.07) is 37.2. The van der Waals surface area contributed by atoms with Crippen molar-refractivity contribution in [2.45, 2.75) is 0 Å². The fourth-order valence-electron chi connectivity index (χ4n) is 5.32. The number of aromatic nitrogens is 5. The molecule has 0 bridgehead atoms. The van der Waals surface area contributed by atoms with E-state index in [0.29, 0.717) is 5.89 Å². The number of fused-ring (bicyclic) bond motifs is 4. The number of nitrogens with zero attached hydrogens (tertiary/aromatic N) is 5. The standard InChI is InChI=1S/C33H21N5O/c1-2-11-32-29(10-1)36-33(39-32)23-12-14-26-27-15-13-24(37-18-6-17-35-37)21-31(27)38(30(26)20-23)25-8-5-7-22(19-25)28-9-3-4-16-34-28/h1-21H. The minimum absolute atomic E-state index is 0.606. The molecule has 0 unspecified atom stereocenters. The monoisotopic (exact) mass is 503 g/mol. The van der Waals surface area contributed by atoms with Crippen molar-refractivity contribution in [1.29, 1.82) is 0 Å². The zero-order chi connectivity index (χ0) is 25.8. The molecular weight excluding hydrogens is 482 g/mol. The highest BCUT2D eigenvalue weighted by Gasteiger charge is 2.17. The number of rotatable bonds is 4. The molecule has 4 aromatic heterocycles. The molecule has 0 aliphatic heterocycles. The summed E-state index contributed by atoms with van der Waals surface area (Å²) in [5.74, 6) is 0.606. The molecule has 4 heterocycles. The normalized spacial score (nSPS) is 11.6. The van der Waals surface area contributed by atoms with Crippen molar-refractivity contribution in [1.82, 2.24) is 24.3 Å². The molecule has 0 atom stereocenters. The van der Waals surface area contributed by atoms with Gasteiger partial charge in [0, 0.05) is 46.2 Å². The van der Waals surface area contributed by atoms with Crippen LogP contribution < -0.4 is 0 Å². The zero-order valence-corrected chi connectivity index (χ0v) is 20.8. The van der Waals surface area contributed by atoms with Gasteiger partial charge in [0.1, 0.15) is 5.52 Å². The molecule has 8 aromatic rings. The van der Waals surface area contributed by atoms with E-state index < -0.39 is 0 Å². The van der Waals surface area contributed by atoms with Gasteiger partial charge in [0.05, 0.1) is 22.4 Å². The molecule has 0 aliphatic carbocycles. The van der Waals surface area contributed by atoms with Gasteiger partial charge >= 0.3 is 0 Å². The summed E-state index contributed by atoms with van der Waals surface area (Å²) in [4.78, 5) is 9.33. The van der Waals surface area contributed by atoms with Crippen molar-refractivity contribution in [3.63, 3.8) is 0 Å². The molecule has 8 rings (SSSR count). The van der Waals surface area contributed by atoms with Crippen molar-refractivity contribution in [2.24, 2.45) is 0 Å². The van der Waals surface area contributed by atoms with Crippen LogP contribution in [0.15, 0.2) is 132 Å². The van der Waals surface area contributed by atoms with Crippen LogP contribution in [0, 0.1) is 0 Å². The van der Waals surface area contributed by atoms with Gasteiger partial charge in [-0.3, -0.25) is 4.98 Å². The van der Waals surface area contributed by atoms with Gasteiger partial charge in [0.25, 0.3) is 0 Å². The number of hydrogen-bond acceptors (Lipinski definition) is 4. The molecule has 0 fully saturated rings. The Morgan fingerprint density at radius 1 is 0.615 bits per heavy atom. The summed E-state index contributed by atoms with van der Waals surface area (Å²) in [6.07, 6.45) is 5.58. The first-order valence-electron chi connectivity index (χ1n) is 12.8. The van der Waals surface area contributed by atoms with Crippen molar-refractivity contribution < 1.29 is 4.42 Å². The molecule has 0 radical (unpaired) electrons. The Morgan fingerprint density at radius 2 is 1.49 bits per heavy atom. The maximum absolute atomic E-state index is 6.13. The third-order valence-corrected chi connectivity index (χ3v) is 7.13. The molecule has 6 heteroatoms. The summed E-state index contributed by atoms with van der Waals surface area (Å²) in [6.45, 7) is 0. The lowest BCUT2D eigenvalue weighted by molar-refractivity contribution is 0.620. The SMILES string of the molecule is c1ccc(-c2cccc(-n3c4cc(-c5nc6ccccc6o5)ccc4c4ccc(-n5cccn5)cc43)c2)nc1. The van der Waals surface area contributed by atoms with Crippen LogP contribution in [0.2, 0.25) is 0 Å². The van der Waals surface area contributed by atoms with E-state index in [1.54, 1.807) is 6.20 Å². The molecule has 0 amide bonds. The number of pyridine rings is 1. The summed E-state index contributed by atoms with van der Waals surface area (Å²) < 4.78 is 10.3. The molecule has 0 N–H and O–H groups in total. The zero-order valence-electron chi connectivity index (χ0n) is 20.8. The lowest BCUT2D eigenvalue weighted by Crippen LogP contribution is -1.97. The predicted octanol–water partition coefficient (Wildman–Crippen LogP) is 7.84. The second-order valence-electron chi connectivity index (χ2n) is 9.47. The van der Waals surface area contributed by atoms with Crippen molar-refractivity contribution in [3.05, 3.63) is 128 Å². The number of hydrogen-bond donors (Lipinski definition) is 0. The van der Waals surface area contributed by atoms with Crippen molar-refractivity contribution >= 4 is 32.9 Å². The van der Waals surface area contributed by atoms with Crippen molar-refractivity contribution in [2.75, 3.05) is 0 Å². The van der Waals surface area contributed by atoms with Gasteiger partial charge in [-0.15, -0.1) is 0 Å². The highest BCUT2D eigenvalue weighted by molar-refractivity contribution is 6.10. The van der Waals surface area contributed by atoms with E-state index in [0.717, 1.165) is 61.1 Å². The Kier molecular flexibility index (Phi) is 4.72. The predicted molar refractivity (Wildman–Crippen MR) is 154 cm³/mol. The fraction of sp³-hybridized carbons (Fsp3) is 0. The van der Waals surface area contributed by atoms with Gasteiger partial charge in [-0.05, 0) is 66.7 Å². The molecular formula is C33H21N5O. The third-order valence-electron chi connectivity index (χ3n) is 7.13. The van der Waals surface area contributed by atoms with Crippen LogP contribution in [-0.4, -0.2) is 24.3 Å². The van der Waals surface area contributed by atoms with Gasteiger partial charge in [-0.2, -0.15) is 5.10 Å². The second-order valence-corrected chi connectivity index (χ2v) is 9.47. The summed E-state index contributed by atoms with van der Waals surface area (Å²) in [5, 5.41) is 6.77. The lowest BCUT2D eigenvalue weighted by Gasteiger charge is -2.11. The maximum Gasteiger partial charge on any atom is 0.227 e. The lowest BCUT2D eigenvalue weighted by atomic mass is 10.1. The topological polar surface area (TPSA) is 61.7 Å². The molecule has 0 aliphatic rings. The first-order chi connectivity index (χ1) is 19.3. The minimum Gasteiger partial charge on any atom is -0.436 e. The van der Waals surface area contributed by atoms with Crippen LogP contribution in [0.5, 0.6) is 0 Å². The molecule has 6 nitrogen and oxygen atoms in total. The van der Waals surface area contributed by atoms with Crippen molar-refractivity contribution in [3.8, 4) is 34.1 Å². The van der Waals surface area contributed by atoms with E-state index in [1.807, 2.05) is 65.6 Å². The van der Waals surface area contributed by atoms with E-state index >= 15 is 0 Å². The van der Waals surface area contributed by atoms with Crippen LogP contribution in [0.4, 0.5) is 0 Å². The van der Waals surface area contributed by atoms with Gasteiger partial charge in [-0.1, -0.05) is 42.5 Å². The summed E-state index contributed by atoms with van der Waals surface area (Å²) >= 11 is 0. The first-order valence-corrected chi connectivity index (χ1v) is 12.8. The molecule has 4 aromatic carbocycles. The Hall–Kier alpha value is -5.49. The Bertz CT molecular complexity index is 2090. The largest absolute Gasteiger partial charge is 0.436 e. The quantitative estimate of drug-likeness (QED) is 0.245. The Morgan fingerprint density at radius 3 is 2.33 bits per heavy atom. The highest BCUT2D eigenvalue weighted by atomic mass is 16.3. The Labute approximate surface area is 223 Å². The average molecular weight is 504 g/mol. The smallest absolute Gasteiger partial charge is 0.227 e. The Balaban J connectivity index is 1.40. The molecule has 0 saturated heterocycles. The van der Waals surface area contributed by atoms with Gasteiger partial charge in [-0.25, -0.2) is 9.67 Å². The van der Waals surface area contributed by atoms with Gasteiger partial charge < -0.3 is 8.98 Å². The molecule has 0 saturated carbocycles. The minimum atomic E-state index is 0.606. The average Bonchev–Trinajstić information content (AvgIpc) is 3.75.